The Morgan fingerprint density at radius 2 is 2.43 bits per heavy atom. The zero-order valence-electron chi connectivity index (χ0n) is 8.73. The molecule has 1 fully saturated rings. The van der Waals surface area contributed by atoms with Gasteiger partial charge in [0.15, 0.2) is 0 Å². The summed E-state index contributed by atoms with van der Waals surface area (Å²) in [6, 6.07) is 0.573. The van der Waals surface area contributed by atoms with Gasteiger partial charge in [-0.25, -0.2) is 4.98 Å². The number of hydrogen-bond donors (Lipinski definition) is 1. The van der Waals surface area contributed by atoms with Crippen molar-refractivity contribution in [2.24, 2.45) is 5.73 Å². The molecule has 0 spiro atoms. The summed E-state index contributed by atoms with van der Waals surface area (Å²) >= 11 is 1.71. The molecule has 2 rings (SSSR count). The van der Waals surface area contributed by atoms with Crippen LogP contribution in [0.5, 0.6) is 0 Å². The van der Waals surface area contributed by atoms with Crippen molar-refractivity contribution >= 4 is 11.3 Å². The zero-order chi connectivity index (χ0) is 10.1. The molecule has 0 radical (unpaired) electrons. The predicted molar refractivity (Wildman–Crippen MR) is 59.4 cm³/mol. The van der Waals surface area contributed by atoms with E-state index in [1.165, 1.54) is 6.42 Å². The molecule has 1 aromatic heterocycles. The number of rotatable bonds is 1. The highest BCUT2D eigenvalue weighted by Gasteiger charge is 2.29. The second-order valence-electron chi connectivity index (χ2n) is 4.02. The minimum atomic E-state index is 0.246. The molecule has 1 aliphatic rings. The van der Waals surface area contributed by atoms with Crippen molar-refractivity contribution in [2.45, 2.75) is 31.8 Å². The number of hydrogen-bond acceptors (Lipinski definition) is 4. The largest absolute Gasteiger partial charge is 0.326 e. The predicted octanol–water partition coefficient (Wildman–Crippen LogP) is 1.55. The SMILES string of the molecule is Cc1nc(C2C(N)CCCN2C)cs1. The van der Waals surface area contributed by atoms with Crippen LogP contribution in [0.1, 0.15) is 29.6 Å². The molecule has 1 aliphatic heterocycles. The average Bonchev–Trinajstić information content (AvgIpc) is 2.51. The van der Waals surface area contributed by atoms with Crippen LogP contribution in [0.25, 0.3) is 0 Å². The van der Waals surface area contributed by atoms with Gasteiger partial charge in [-0.3, -0.25) is 4.90 Å². The molecule has 78 valence electrons. The van der Waals surface area contributed by atoms with E-state index in [2.05, 4.69) is 22.3 Å². The van der Waals surface area contributed by atoms with Crippen LogP contribution in [0, 0.1) is 6.92 Å². The number of aryl methyl sites for hydroxylation is 1. The van der Waals surface area contributed by atoms with Crippen molar-refractivity contribution in [1.82, 2.24) is 9.88 Å². The lowest BCUT2D eigenvalue weighted by molar-refractivity contribution is 0.160. The van der Waals surface area contributed by atoms with Gasteiger partial charge in [-0.1, -0.05) is 0 Å². The molecule has 2 heterocycles. The maximum atomic E-state index is 6.13. The molecule has 1 aromatic rings. The van der Waals surface area contributed by atoms with Crippen molar-refractivity contribution in [1.29, 1.82) is 0 Å². The van der Waals surface area contributed by atoms with Gasteiger partial charge in [-0.05, 0) is 33.4 Å². The van der Waals surface area contributed by atoms with Crippen molar-refractivity contribution in [3.63, 3.8) is 0 Å². The Morgan fingerprint density at radius 3 is 3.00 bits per heavy atom. The summed E-state index contributed by atoms with van der Waals surface area (Å²) in [5, 5.41) is 3.27. The summed E-state index contributed by atoms with van der Waals surface area (Å²) in [5.74, 6) is 0. The third-order valence-electron chi connectivity index (χ3n) is 2.87. The number of thiazole rings is 1. The van der Waals surface area contributed by atoms with E-state index < -0.39 is 0 Å². The van der Waals surface area contributed by atoms with E-state index >= 15 is 0 Å². The molecule has 0 amide bonds. The molecule has 1 saturated heterocycles. The van der Waals surface area contributed by atoms with Gasteiger partial charge in [0, 0.05) is 11.4 Å². The van der Waals surface area contributed by atoms with Crippen molar-refractivity contribution in [2.75, 3.05) is 13.6 Å². The van der Waals surface area contributed by atoms with Gasteiger partial charge in [-0.15, -0.1) is 11.3 Å². The first kappa shape index (κ1) is 10.1. The van der Waals surface area contributed by atoms with E-state index in [-0.39, 0.29) is 6.04 Å². The van der Waals surface area contributed by atoms with Crippen LogP contribution in [-0.2, 0) is 0 Å². The highest BCUT2D eigenvalue weighted by Crippen LogP contribution is 2.29. The summed E-state index contributed by atoms with van der Waals surface area (Å²) in [5.41, 5.74) is 7.29. The molecule has 14 heavy (non-hydrogen) atoms. The number of nitrogens with zero attached hydrogens (tertiary/aromatic N) is 2. The summed E-state index contributed by atoms with van der Waals surface area (Å²) in [6.07, 6.45) is 2.32. The Labute approximate surface area is 88.9 Å². The number of likely N-dealkylation sites (tertiary alicyclic amines) is 1. The van der Waals surface area contributed by atoms with Crippen molar-refractivity contribution in [3.8, 4) is 0 Å². The monoisotopic (exact) mass is 211 g/mol. The fourth-order valence-electron chi connectivity index (χ4n) is 2.16. The standard InChI is InChI=1S/C10H17N3S/c1-7-12-9(6-14-7)10-8(11)4-3-5-13(10)2/h6,8,10H,3-5,11H2,1-2H3. The van der Waals surface area contributed by atoms with Crippen molar-refractivity contribution in [3.05, 3.63) is 16.1 Å². The Balaban J connectivity index is 2.22. The first-order chi connectivity index (χ1) is 6.68. The van der Waals surface area contributed by atoms with Crippen LogP contribution in [0.4, 0.5) is 0 Å². The lowest BCUT2D eigenvalue weighted by Gasteiger charge is -2.36. The van der Waals surface area contributed by atoms with E-state index in [0.29, 0.717) is 6.04 Å². The van der Waals surface area contributed by atoms with E-state index in [1.54, 1.807) is 11.3 Å². The summed E-state index contributed by atoms with van der Waals surface area (Å²) in [4.78, 5) is 6.85. The number of aromatic nitrogens is 1. The maximum absolute atomic E-state index is 6.13. The lowest BCUT2D eigenvalue weighted by Crippen LogP contribution is -2.44. The van der Waals surface area contributed by atoms with Crippen LogP contribution < -0.4 is 5.73 Å². The molecule has 0 aliphatic carbocycles. The fourth-order valence-corrected chi connectivity index (χ4v) is 2.80. The second kappa shape index (κ2) is 3.96. The third kappa shape index (κ3) is 1.82. The van der Waals surface area contributed by atoms with Gasteiger partial charge in [0.25, 0.3) is 0 Å². The van der Waals surface area contributed by atoms with Gasteiger partial charge in [0.2, 0.25) is 0 Å². The van der Waals surface area contributed by atoms with Crippen LogP contribution >= 0.6 is 11.3 Å². The van der Waals surface area contributed by atoms with E-state index in [0.717, 1.165) is 23.7 Å². The quantitative estimate of drug-likeness (QED) is 0.766. The van der Waals surface area contributed by atoms with Gasteiger partial charge < -0.3 is 5.73 Å². The van der Waals surface area contributed by atoms with Gasteiger partial charge in [0.05, 0.1) is 16.7 Å². The van der Waals surface area contributed by atoms with Crippen LogP contribution in [0.15, 0.2) is 5.38 Å². The smallest absolute Gasteiger partial charge is 0.0898 e. The highest BCUT2D eigenvalue weighted by atomic mass is 32.1. The van der Waals surface area contributed by atoms with Crippen LogP contribution in [0.2, 0.25) is 0 Å². The summed E-state index contributed by atoms with van der Waals surface area (Å²) in [7, 11) is 2.14. The van der Waals surface area contributed by atoms with Crippen LogP contribution in [0.3, 0.4) is 0 Å². The van der Waals surface area contributed by atoms with E-state index in [9.17, 15) is 0 Å². The average molecular weight is 211 g/mol. The van der Waals surface area contributed by atoms with Gasteiger partial charge in [-0.2, -0.15) is 0 Å². The number of likely N-dealkylation sites (N-methyl/N-ethyl adjacent to an activating group) is 1. The molecule has 0 bridgehead atoms. The summed E-state index contributed by atoms with van der Waals surface area (Å²) in [6.45, 7) is 3.18. The maximum Gasteiger partial charge on any atom is 0.0898 e. The Kier molecular flexibility index (Phi) is 2.85. The minimum Gasteiger partial charge on any atom is -0.326 e. The molecule has 3 nitrogen and oxygen atoms in total. The third-order valence-corrected chi connectivity index (χ3v) is 3.66. The first-order valence-corrected chi connectivity index (χ1v) is 5.94. The number of nitrogens with two attached hydrogens (primary N) is 1. The molecule has 0 saturated carbocycles. The molecular weight excluding hydrogens is 194 g/mol. The van der Waals surface area contributed by atoms with E-state index in [1.807, 2.05) is 6.92 Å². The Hall–Kier alpha value is -0.450. The Bertz CT molecular complexity index is 300. The zero-order valence-corrected chi connectivity index (χ0v) is 9.55. The topological polar surface area (TPSA) is 42.1 Å². The Morgan fingerprint density at radius 1 is 1.64 bits per heavy atom. The van der Waals surface area contributed by atoms with E-state index in [4.69, 9.17) is 5.73 Å². The molecule has 2 atom stereocenters. The normalized spacial score (nSPS) is 29.4. The molecule has 2 unspecified atom stereocenters. The number of piperidine rings is 1. The lowest BCUT2D eigenvalue weighted by atomic mass is 9.95. The summed E-state index contributed by atoms with van der Waals surface area (Å²) < 4.78 is 0. The van der Waals surface area contributed by atoms with Crippen LogP contribution in [-0.4, -0.2) is 29.5 Å². The minimum absolute atomic E-state index is 0.246. The molecule has 4 heteroatoms. The molecule has 2 N–H and O–H groups in total. The fraction of sp³-hybridized carbons (Fsp3) is 0.700. The van der Waals surface area contributed by atoms with Gasteiger partial charge >= 0.3 is 0 Å². The second-order valence-corrected chi connectivity index (χ2v) is 5.09. The van der Waals surface area contributed by atoms with Gasteiger partial charge in [0.1, 0.15) is 0 Å². The molecule has 0 aromatic carbocycles. The molecular formula is C10H17N3S. The van der Waals surface area contributed by atoms with Crippen molar-refractivity contribution < 1.29 is 0 Å². The first-order valence-electron chi connectivity index (χ1n) is 5.06. The highest BCUT2D eigenvalue weighted by molar-refractivity contribution is 7.09.